The molecule has 0 spiro atoms. The molecule has 162 valence electrons. The average Bonchev–Trinajstić information content (AvgIpc) is 2.59. The van der Waals surface area contributed by atoms with E-state index in [2.05, 4.69) is 0 Å². The fourth-order valence-electron chi connectivity index (χ4n) is 2.91. The normalized spacial score (nSPS) is 12.7. The number of anilines is 1. The summed E-state index contributed by atoms with van der Waals surface area (Å²) in [5.41, 5.74) is 6.48. The van der Waals surface area contributed by atoms with E-state index in [1.54, 1.807) is 65.8 Å². The summed E-state index contributed by atoms with van der Waals surface area (Å²) in [6.45, 7) is 10.9. The second kappa shape index (κ2) is 9.20. The molecule has 2 N–H and O–H groups in total. The van der Waals surface area contributed by atoms with Gasteiger partial charge in [0.25, 0.3) is 0 Å². The summed E-state index contributed by atoms with van der Waals surface area (Å²) in [5, 5.41) is 0. The molecule has 2 rings (SSSR count). The van der Waals surface area contributed by atoms with Gasteiger partial charge in [-0.3, -0.25) is 4.90 Å². The zero-order valence-electron chi connectivity index (χ0n) is 18.6. The van der Waals surface area contributed by atoms with E-state index in [0.29, 0.717) is 11.3 Å². The lowest BCUT2D eigenvalue weighted by Crippen LogP contribution is -2.43. The Kier molecular flexibility index (Phi) is 7.13. The van der Waals surface area contributed by atoms with Crippen molar-refractivity contribution in [2.75, 3.05) is 5.73 Å². The van der Waals surface area contributed by atoms with Gasteiger partial charge in [-0.15, -0.1) is 0 Å². The van der Waals surface area contributed by atoms with Crippen molar-refractivity contribution >= 4 is 17.7 Å². The lowest BCUT2D eigenvalue weighted by molar-refractivity contribution is -0.161. The molecule has 2 aromatic rings. The van der Waals surface area contributed by atoms with Crippen LogP contribution in [0.1, 0.15) is 58.7 Å². The molecule has 0 saturated carbocycles. The Morgan fingerprint density at radius 2 is 1.50 bits per heavy atom. The van der Waals surface area contributed by atoms with E-state index in [9.17, 15) is 9.59 Å². The minimum absolute atomic E-state index is 0.138. The number of rotatable bonds is 5. The molecule has 0 unspecified atom stereocenters. The lowest BCUT2D eigenvalue weighted by atomic mass is 10.0. The highest BCUT2D eigenvalue weighted by molar-refractivity contribution is 5.83. The smallest absolute Gasteiger partial charge is 0.411 e. The summed E-state index contributed by atoms with van der Waals surface area (Å²) in [5.74, 6) is -0.525. The lowest BCUT2D eigenvalue weighted by Gasteiger charge is -2.34. The molecule has 6 nitrogen and oxygen atoms in total. The van der Waals surface area contributed by atoms with Crippen LogP contribution in [0.25, 0.3) is 0 Å². The zero-order chi connectivity index (χ0) is 22.5. The van der Waals surface area contributed by atoms with E-state index >= 15 is 0 Å². The summed E-state index contributed by atoms with van der Waals surface area (Å²) in [7, 11) is 0. The molecule has 0 radical (unpaired) electrons. The highest BCUT2D eigenvalue weighted by atomic mass is 16.6. The van der Waals surface area contributed by atoms with Crippen LogP contribution >= 0.6 is 0 Å². The Morgan fingerprint density at radius 1 is 0.900 bits per heavy atom. The molecule has 0 saturated heterocycles. The largest absolute Gasteiger partial charge is 0.458 e. The number of hydrogen-bond donors (Lipinski definition) is 1. The van der Waals surface area contributed by atoms with Crippen LogP contribution in [0.2, 0.25) is 0 Å². The van der Waals surface area contributed by atoms with Gasteiger partial charge in [0.1, 0.15) is 11.2 Å². The van der Waals surface area contributed by atoms with Crippen LogP contribution in [0.15, 0.2) is 54.6 Å². The molecule has 1 amide bonds. The first-order valence-electron chi connectivity index (χ1n) is 9.97. The summed E-state index contributed by atoms with van der Waals surface area (Å²) in [6, 6.07) is 15.3. The first-order chi connectivity index (χ1) is 13.9. The first kappa shape index (κ1) is 23.3. The van der Waals surface area contributed by atoms with Crippen LogP contribution in [-0.2, 0) is 20.8 Å². The Balaban J connectivity index is 2.52. The Morgan fingerprint density at radius 3 is 2.03 bits per heavy atom. The number of benzene rings is 2. The summed E-state index contributed by atoms with van der Waals surface area (Å²) < 4.78 is 11.3. The van der Waals surface area contributed by atoms with Gasteiger partial charge in [0.15, 0.2) is 6.04 Å². The van der Waals surface area contributed by atoms with Crippen molar-refractivity contribution < 1.29 is 19.1 Å². The van der Waals surface area contributed by atoms with Gasteiger partial charge in [-0.1, -0.05) is 42.5 Å². The van der Waals surface area contributed by atoms with Crippen molar-refractivity contribution in [3.8, 4) is 0 Å². The molecule has 6 heteroatoms. The van der Waals surface area contributed by atoms with Gasteiger partial charge >= 0.3 is 12.1 Å². The maximum atomic E-state index is 13.2. The number of amides is 1. The van der Waals surface area contributed by atoms with Gasteiger partial charge in [-0.2, -0.15) is 0 Å². The second-order valence-corrected chi connectivity index (χ2v) is 9.20. The fourth-order valence-corrected chi connectivity index (χ4v) is 2.91. The molecule has 30 heavy (non-hydrogen) atoms. The van der Waals surface area contributed by atoms with Gasteiger partial charge in [-0.25, -0.2) is 9.59 Å². The van der Waals surface area contributed by atoms with Crippen LogP contribution in [0.5, 0.6) is 0 Å². The number of carbonyl (C=O) groups excluding carboxylic acids is 2. The summed E-state index contributed by atoms with van der Waals surface area (Å²) in [6.07, 6.45) is -0.607. The van der Waals surface area contributed by atoms with E-state index in [0.717, 1.165) is 5.56 Å². The monoisotopic (exact) mass is 412 g/mol. The van der Waals surface area contributed by atoms with Crippen LogP contribution in [0.3, 0.4) is 0 Å². The Bertz CT molecular complexity index is 867. The highest BCUT2D eigenvalue weighted by Gasteiger charge is 2.37. The standard InChI is InChI=1S/C24H32N2O4/c1-23(2,3)29-21(27)20(18-12-8-7-9-13-18)26(22(28)30-24(4,5)6)16-17-11-10-14-19(25)15-17/h7-15,20H,16,25H2,1-6H3/t20-/m0/s1. The van der Waals surface area contributed by atoms with E-state index in [-0.39, 0.29) is 6.54 Å². The maximum Gasteiger partial charge on any atom is 0.411 e. The number of ether oxygens (including phenoxy) is 2. The fraction of sp³-hybridized carbons (Fsp3) is 0.417. The zero-order valence-corrected chi connectivity index (χ0v) is 18.6. The van der Waals surface area contributed by atoms with Crippen molar-refractivity contribution in [1.82, 2.24) is 4.90 Å². The number of carbonyl (C=O) groups is 2. The average molecular weight is 413 g/mol. The van der Waals surface area contributed by atoms with Crippen LogP contribution in [0, 0.1) is 0 Å². The van der Waals surface area contributed by atoms with Crippen LogP contribution in [0.4, 0.5) is 10.5 Å². The van der Waals surface area contributed by atoms with Crippen molar-refractivity contribution in [2.24, 2.45) is 0 Å². The number of esters is 1. The molecule has 0 heterocycles. The van der Waals surface area contributed by atoms with Gasteiger partial charge in [0.2, 0.25) is 0 Å². The molecule has 0 aliphatic carbocycles. The van der Waals surface area contributed by atoms with Crippen molar-refractivity contribution in [3.05, 3.63) is 65.7 Å². The highest BCUT2D eigenvalue weighted by Crippen LogP contribution is 2.29. The summed E-state index contributed by atoms with van der Waals surface area (Å²) in [4.78, 5) is 27.8. The second-order valence-electron chi connectivity index (χ2n) is 9.20. The van der Waals surface area contributed by atoms with E-state index in [4.69, 9.17) is 15.2 Å². The van der Waals surface area contributed by atoms with E-state index in [1.807, 2.05) is 30.3 Å². The minimum Gasteiger partial charge on any atom is -0.458 e. The first-order valence-corrected chi connectivity index (χ1v) is 9.97. The van der Waals surface area contributed by atoms with Gasteiger partial charge in [-0.05, 0) is 64.8 Å². The number of nitrogens with two attached hydrogens (primary N) is 1. The Hall–Kier alpha value is -3.02. The molecule has 0 aliphatic heterocycles. The van der Waals surface area contributed by atoms with Gasteiger partial charge in [0.05, 0.1) is 6.54 Å². The number of hydrogen-bond acceptors (Lipinski definition) is 5. The molecule has 0 bridgehead atoms. The van der Waals surface area contributed by atoms with Crippen LogP contribution in [-0.4, -0.2) is 28.2 Å². The van der Waals surface area contributed by atoms with Crippen LogP contribution < -0.4 is 5.73 Å². The Labute approximate surface area is 179 Å². The number of nitrogen functional groups attached to an aromatic ring is 1. The molecule has 0 fully saturated rings. The topological polar surface area (TPSA) is 81.9 Å². The van der Waals surface area contributed by atoms with Gasteiger partial charge < -0.3 is 15.2 Å². The van der Waals surface area contributed by atoms with Crippen molar-refractivity contribution in [1.29, 1.82) is 0 Å². The number of nitrogens with zero attached hydrogens (tertiary/aromatic N) is 1. The minimum atomic E-state index is -0.971. The molecular formula is C24H32N2O4. The predicted octanol–water partition coefficient (Wildman–Crippen LogP) is 5.09. The van der Waals surface area contributed by atoms with Crippen molar-refractivity contribution in [2.45, 2.75) is 65.3 Å². The van der Waals surface area contributed by atoms with Gasteiger partial charge in [0, 0.05) is 5.69 Å². The van der Waals surface area contributed by atoms with E-state index < -0.39 is 29.3 Å². The predicted molar refractivity (Wildman–Crippen MR) is 118 cm³/mol. The summed E-state index contributed by atoms with van der Waals surface area (Å²) >= 11 is 0. The quantitative estimate of drug-likeness (QED) is 0.546. The van der Waals surface area contributed by atoms with E-state index in [1.165, 1.54) is 4.90 Å². The molecular weight excluding hydrogens is 380 g/mol. The third kappa shape index (κ3) is 7.10. The molecule has 0 aliphatic rings. The molecule has 1 atom stereocenters. The third-order valence-corrected chi connectivity index (χ3v) is 3.99. The molecule has 2 aromatic carbocycles. The maximum absolute atomic E-state index is 13.2. The molecule has 0 aromatic heterocycles. The van der Waals surface area contributed by atoms with Crippen molar-refractivity contribution in [3.63, 3.8) is 0 Å². The SMILES string of the molecule is CC(C)(C)OC(=O)[C@H](c1ccccc1)N(Cc1cccc(N)c1)C(=O)OC(C)(C)C. The third-order valence-electron chi connectivity index (χ3n) is 3.99.